The normalized spacial score (nSPS) is 17.1. The third-order valence-electron chi connectivity index (χ3n) is 4.45. The highest BCUT2D eigenvalue weighted by Crippen LogP contribution is 2.31. The number of rotatable bonds is 2. The second-order valence-corrected chi connectivity index (χ2v) is 7.09. The molecule has 2 heteroatoms. The summed E-state index contributed by atoms with van der Waals surface area (Å²) in [7, 11) is 0. The van der Waals surface area contributed by atoms with Crippen molar-refractivity contribution in [3.05, 3.63) is 70.8 Å². The quantitative estimate of drug-likeness (QED) is 0.873. The van der Waals surface area contributed by atoms with Gasteiger partial charge < -0.3 is 5.32 Å². The van der Waals surface area contributed by atoms with Gasteiger partial charge in [0.05, 0.1) is 6.04 Å². The number of nitrogens with one attached hydrogen (secondary N) is 1. The average Bonchev–Trinajstić information content (AvgIpc) is 2.90. The Hall–Kier alpha value is -2.09. The van der Waals surface area contributed by atoms with E-state index in [4.69, 9.17) is 0 Å². The Morgan fingerprint density at radius 1 is 1.05 bits per heavy atom. The minimum absolute atomic E-state index is 0.0159. The van der Waals surface area contributed by atoms with Crippen molar-refractivity contribution in [2.45, 2.75) is 45.1 Å². The maximum Gasteiger partial charge on any atom is 0.251 e. The van der Waals surface area contributed by atoms with Crippen LogP contribution in [0.1, 0.15) is 60.3 Å². The van der Waals surface area contributed by atoms with Gasteiger partial charge >= 0.3 is 0 Å². The molecule has 1 N–H and O–H groups in total. The molecule has 0 saturated heterocycles. The highest BCUT2D eigenvalue weighted by Gasteiger charge is 2.24. The summed E-state index contributed by atoms with van der Waals surface area (Å²) in [5.41, 5.74) is 4.71. The first-order valence-corrected chi connectivity index (χ1v) is 7.94. The van der Waals surface area contributed by atoms with E-state index in [0.717, 1.165) is 18.4 Å². The molecule has 114 valence electrons. The molecule has 0 bridgehead atoms. The molecule has 2 aromatic rings. The maximum absolute atomic E-state index is 12.5. The first-order valence-electron chi connectivity index (χ1n) is 7.94. The molecule has 1 amide bonds. The van der Waals surface area contributed by atoms with Crippen molar-refractivity contribution < 1.29 is 4.79 Å². The zero-order valence-corrected chi connectivity index (χ0v) is 13.5. The largest absolute Gasteiger partial charge is 0.345 e. The van der Waals surface area contributed by atoms with Gasteiger partial charge in [-0.05, 0) is 47.1 Å². The summed E-state index contributed by atoms with van der Waals surface area (Å²) in [6.45, 7) is 6.53. The monoisotopic (exact) mass is 293 g/mol. The molecule has 22 heavy (non-hydrogen) atoms. The molecule has 0 radical (unpaired) electrons. The van der Waals surface area contributed by atoms with Crippen LogP contribution in [-0.4, -0.2) is 5.91 Å². The third-order valence-corrected chi connectivity index (χ3v) is 4.45. The smallest absolute Gasteiger partial charge is 0.251 e. The lowest BCUT2D eigenvalue weighted by molar-refractivity contribution is 0.0936. The van der Waals surface area contributed by atoms with Gasteiger partial charge in [0, 0.05) is 5.56 Å². The molecule has 0 aliphatic heterocycles. The summed E-state index contributed by atoms with van der Waals surface area (Å²) in [6.07, 6.45) is 2.04. The fraction of sp³-hybridized carbons (Fsp3) is 0.350. The van der Waals surface area contributed by atoms with Crippen LogP contribution in [0.15, 0.2) is 48.5 Å². The van der Waals surface area contributed by atoms with E-state index in [9.17, 15) is 4.79 Å². The SMILES string of the molecule is CC(C)(C)c1ccc(C(=O)N[C@H]2CCc3ccccc32)cc1. The second-order valence-electron chi connectivity index (χ2n) is 7.09. The molecule has 1 aliphatic carbocycles. The van der Waals surface area contributed by atoms with Gasteiger partial charge in [0.2, 0.25) is 0 Å². The zero-order valence-electron chi connectivity index (χ0n) is 13.5. The summed E-state index contributed by atoms with van der Waals surface area (Å²) >= 11 is 0. The van der Waals surface area contributed by atoms with Crippen molar-refractivity contribution in [2.24, 2.45) is 0 Å². The summed E-state index contributed by atoms with van der Waals surface area (Å²) in [5.74, 6) is 0.0159. The van der Waals surface area contributed by atoms with Crippen LogP contribution in [0.25, 0.3) is 0 Å². The van der Waals surface area contributed by atoms with E-state index in [0.29, 0.717) is 0 Å². The highest BCUT2D eigenvalue weighted by atomic mass is 16.1. The number of hydrogen-bond acceptors (Lipinski definition) is 1. The molecule has 0 aromatic heterocycles. The number of benzene rings is 2. The summed E-state index contributed by atoms with van der Waals surface area (Å²) < 4.78 is 0. The summed E-state index contributed by atoms with van der Waals surface area (Å²) in [6, 6.07) is 16.5. The predicted molar refractivity (Wildman–Crippen MR) is 90.1 cm³/mol. The maximum atomic E-state index is 12.5. The lowest BCUT2D eigenvalue weighted by atomic mass is 9.86. The lowest BCUT2D eigenvalue weighted by Crippen LogP contribution is -2.27. The van der Waals surface area contributed by atoms with Gasteiger partial charge in [0.1, 0.15) is 0 Å². The van der Waals surface area contributed by atoms with Gasteiger partial charge in [-0.25, -0.2) is 0 Å². The third kappa shape index (κ3) is 2.92. The number of carbonyl (C=O) groups excluding carboxylic acids is 1. The van der Waals surface area contributed by atoms with Crippen molar-refractivity contribution in [3.8, 4) is 0 Å². The van der Waals surface area contributed by atoms with Crippen LogP contribution >= 0.6 is 0 Å². The van der Waals surface area contributed by atoms with Crippen molar-refractivity contribution >= 4 is 5.91 Å². The van der Waals surface area contributed by atoms with E-state index in [1.165, 1.54) is 16.7 Å². The van der Waals surface area contributed by atoms with Gasteiger partial charge in [0.25, 0.3) is 5.91 Å². The fourth-order valence-electron chi connectivity index (χ4n) is 3.07. The van der Waals surface area contributed by atoms with Crippen LogP contribution in [-0.2, 0) is 11.8 Å². The zero-order chi connectivity index (χ0) is 15.7. The molecule has 0 saturated carbocycles. The molecule has 1 atom stereocenters. The highest BCUT2D eigenvalue weighted by molar-refractivity contribution is 5.94. The lowest BCUT2D eigenvalue weighted by Gasteiger charge is -2.19. The molecular weight excluding hydrogens is 270 g/mol. The van der Waals surface area contributed by atoms with Crippen LogP contribution < -0.4 is 5.32 Å². The Kier molecular flexibility index (Phi) is 3.78. The first kappa shape index (κ1) is 14.8. The summed E-state index contributed by atoms with van der Waals surface area (Å²) in [5, 5.41) is 3.17. The minimum atomic E-state index is 0.0159. The van der Waals surface area contributed by atoms with E-state index in [1.54, 1.807) is 0 Å². The number of fused-ring (bicyclic) bond motifs is 1. The van der Waals surface area contributed by atoms with Crippen LogP contribution in [0, 0.1) is 0 Å². The van der Waals surface area contributed by atoms with Gasteiger partial charge in [-0.1, -0.05) is 57.2 Å². The van der Waals surface area contributed by atoms with Gasteiger partial charge in [-0.3, -0.25) is 4.79 Å². The van der Waals surface area contributed by atoms with Crippen molar-refractivity contribution in [2.75, 3.05) is 0 Å². The number of hydrogen-bond donors (Lipinski definition) is 1. The van der Waals surface area contributed by atoms with E-state index >= 15 is 0 Å². The number of carbonyl (C=O) groups is 1. The Morgan fingerprint density at radius 3 is 2.41 bits per heavy atom. The predicted octanol–water partition coefficient (Wildman–Crippen LogP) is 4.40. The average molecular weight is 293 g/mol. The van der Waals surface area contributed by atoms with Gasteiger partial charge in [0.15, 0.2) is 0 Å². The van der Waals surface area contributed by atoms with Gasteiger partial charge in [-0.2, -0.15) is 0 Å². The van der Waals surface area contributed by atoms with Crippen molar-refractivity contribution in [1.82, 2.24) is 5.32 Å². The first-order chi connectivity index (χ1) is 10.4. The van der Waals surface area contributed by atoms with Crippen molar-refractivity contribution in [1.29, 1.82) is 0 Å². The van der Waals surface area contributed by atoms with Gasteiger partial charge in [-0.15, -0.1) is 0 Å². The molecule has 2 nitrogen and oxygen atoms in total. The minimum Gasteiger partial charge on any atom is -0.345 e. The Morgan fingerprint density at radius 2 is 1.73 bits per heavy atom. The van der Waals surface area contributed by atoms with E-state index in [2.05, 4.69) is 56.4 Å². The Balaban J connectivity index is 1.73. The van der Waals surface area contributed by atoms with E-state index in [-0.39, 0.29) is 17.4 Å². The van der Waals surface area contributed by atoms with Crippen LogP contribution in [0.5, 0.6) is 0 Å². The fourth-order valence-corrected chi connectivity index (χ4v) is 3.07. The Bertz CT molecular complexity index is 680. The Labute approximate surface area is 132 Å². The molecule has 1 aliphatic rings. The molecule has 0 fully saturated rings. The number of aryl methyl sites for hydroxylation is 1. The molecular formula is C20H23NO. The van der Waals surface area contributed by atoms with Crippen LogP contribution in [0.4, 0.5) is 0 Å². The summed E-state index contributed by atoms with van der Waals surface area (Å²) in [4.78, 5) is 12.5. The van der Waals surface area contributed by atoms with Crippen LogP contribution in [0.3, 0.4) is 0 Å². The molecule has 0 spiro atoms. The van der Waals surface area contributed by atoms with E-state index < -0.39 is 0 Å². The van der Waals surface area contributed by atoms with Crippen molar-refractivity contribution in [3.63, 3.8) is 0 Å². The molecule has 2 aromatic carbocycles. The van der Waals surface area contributed by atoms with E-state index in [1.807, 2.05) is 18.2 Å². The second kappa shape index (κ2) is 5.60. The number of amides is 1. The van der Waals surface area contributed by atoms with Crippen LogP contribution in [0.2, 0.25) is 0 Å². The molecule has 3 rings (SSSR count). The molecule has 0 unspecified atom stereocenters. The molecule has 0 heterocycles. The topological polar surface area (TPSA) is 29.1 Å². The standard InChI is InChI=1S/C20H23NO/c1-20(2,3)16-11-8-15(9-12-16)19(22)21-18-13-10-14-6-4-5-7-17(14)18/h4-9,11-12,18H,10,13H2,1-3H3,(H,21,22)/t18-/m0/s1.